The van der Waals surface area contributed by atoms with E-state index >= 15 is 0 Å². The summed E-state index contributed by atoms with van der Waals surface area (Å²) in [7, 11) is 0. The molecule has 2 aromatic carbocycles. The van der Waals surface area contributed by atoms with Crippen molar-refractivity contribution >= 4 is 11.8 Å². The molecule has 0 saturated heterocycles. The van der Waals surface area contributed by atoms with Crippen LogP contribution in [0.2, 0.25) is 0 Å². The molecule has 118 valence electrons. The van der Waals surface area contributed by atoms with E-state index in [-0.39, 0.29) is 24.4 Å². The first-order chi connectivity index (χ1) is 11.1. The van der Waals surface area contributed by atoms with E-state index in [0.29, 0.717) is 5.56 Å². The highest BCUT2D eigenvalue weighted by Crippen LogP contribution is 2.30. The van der Waals surface area contributed by atoms with E-state index in [0.717, 1.165) is 18.4 Å². The van der Waals surface area contributed by atoms with Crippen molar-refractivity contribution in [2.24, 2.45) is 0 Å². The molecule has 0 radical (unpaired) electrons. The summed E-state index contributed by atoms with van der Waals surface area (Å²) in [5, 5.41) is 5.67. The zero-order chi connectivity index (χ0) is 16.2. The summed E-state index contributed by atoms with van der Waals surface area (Å²) in [4.78, 5) is 24.1. The number of aryl methyl sites for hydroxylation is 2. The zero-order valence-electron chi connectivity index (χ0n) is 13.1. The second kappa shape index (κ2) is 6.65. The summed E-state index contributed by atoms with van der Waals surface area (Å²) in [5.41, 5.74) is 4.07. The predicted octanol–water partition coefficient (Wildman–Crippen LogP) is 2.53. The van der Waals surface area contributed by atoms with Crippen molar-refractivity contribution in [2.45, 2.75) is 25.8 Å². The molecule has 1 unspecified atom stereocenters. The van der Waals surface area contributed by atoms with E-state index in [4.69, 9.17) is 0 Å². The maximum atomic E-state index is 12.1. The lowest BCUT2D eigenvalue weighted by Crippen LogP contribution is -2.38. The van der Waals surface area contributed by atoms with Gasteiger partial charge in [0.2, 0.25) is 5.91 Å². The first-order valence-corrected chi connectivity index (χ1v) is 7.85. The Kier molecular flexibility index (Phi) is 4.42. The van der Waals surface area contributed by atoms with Crippen LogP contribution in [-0.2, 0) is 11.2 Å². The second-order valence-electron chi connectivity index (χ2n) is 5.91. The van der Waals surface area contributed by atoms with Crippen LogP contribution >= 0.6 is 0 Å². The van der Waals surface area contributed by atoms with E-state index in [1.165, 1.54) is 11.1 Å². The third kappa shape index (κ3) is 3.59. The lowest BCUT2D eigenvalue weighted by atomic mass is 10.1. The van der Waals surface area contributed by atoms with Crippen molar-refractivity contribution < 1.29 is 9.59 Å². The average Bonchev–Trinajstić information content (AvgIpc) is 2.96. The Balaban J connectivity index is 1.54. The number of carbonyl (C=O) groups excluding carboxylic acids is 2. The van der Waals surface area contributed by atoms with Gasteiger partial charge in [-0.15, -0.1) is 0 Å². The molecule has 23 heavy (non-hydrogen) atoms. The Hall–Kier alpha value is -2.62. The largest absolute Gasteiger partial charge is 0.348 e. The molecule has 1 atom stereocenters. The molecule has 1 aliphatic rings. The van der Waals surface area contributed by atoms with Crippen molar-refractivity contribution in [3.63, 3.8) is 0 Å². The fourth-order valence-electron chi connectivity index (χ4n) is 3.00. The van der Waals surface area contributed by atoms with E-state index < -0.39 is 0 Å². The number of fused-ring (bicyclic) bond motifs is 1. The molecule has 0 bridgehead atoms. The van der Waals surface area contributed by atoms with Crippen LogP contribution in [0.5, 0.6) is 0 Å². The van der Waals surface area contributed by atoms with Crippen LogP contribution in [0.3, 0.4) is 0 Å². The molecule has 0 spiro atoms. The van der Waals surface area contributed by atoms with Crippen LogP contribution < -0.4 is 10.6 Å². The van der Waals surface area contributed by atoms with Crippen molar-refractivity contribution in [1.82, 2.24) is 10.6 Å². The predicted molar refractivity (Wildman–Crippen MR) is 89.2 cm³/mol. The first-order valence-electron chi connectivity index (χ1n) is 7.85. The summed E-state index contributed by atoms with van der Waals surface area (Å²) >= 11 is 0. The molecule has 1 aliphatic carbocycles. The minimum atomic E-state index is -0.226. The van der Waals surface area contributed by atoms with Gasteiger partial charge in [0.05, 0.1) is 12.6 Å². The molecule has 4 nitrogen and oxygen atoms in total. The van der Waals surface area contributed by atoms with Crippen LogP contribution in [0, 0.1) is 6.92 Å². The van der Waals surface area contributed by atoms with Gasteiger partial charge in [-0.05, 0) is 43.0 Å². The molecule has 4 heteroatoms. The Bertz CT molecular complexity index is 740. The topological polar surface area (TPSA) is 58.2 Å². The van der Waals surface area contributed by atoms with Crippen LogP contribution in [0.15, 0.2) is 48.5 Å². The van der Waals surface area contributed by atoms with Gasteiger partial charge in [0.1, 0.15) is 0 Å². The number of hydrogen-bond donors (Lipinski definition) is 2. The van der Waals surface area contributed by atoms with E-state index in [2.05, 4.69) is 22.8 Å². The smallest absolute Gasteiger partial charge is 0.251 e. The minimum Gasteiger partial charge on any atom is -0.348 e. The highest BCUT2D eigenvalue weighted by Gasteiger charge is 2.23. The Labute approximate surface area is 135 Å². The fourth-order valence-corrected chi connectivity index (χ4v) is 3.00. The monoisotopic (exact) mass is 308 g/mol. The van der Waals surface area contributed by atoms with Crippen LogP contribution in [0.25, 0.3) is 0 Å². The molecule has 0 heterocycles. The maximum Gasteiger partial charge on any atom is 0.251 e. The summed E-state index contributed by atoms with van der Waals surface area (Å²) in [6.45, 7) is 1.92. The molecule has 2 amide bonds. The van der Waals surface area contributed by atoms with E-state index in [1.54, 1.807) is 12.1 Å². The molecular weight excluding hydrogens is 288 g/mol. The minimum absolute atomic E-state index is 0.00849. The molecule has 3 rings (SSSR count). The number of hydrogen-bond acceptors (Lipinski definition) is 2. The highest BCUT2D eigenvalue weighted by atomic mass is 16.2. The molecule has 2 N–H and O–H groups in total. The van der Waals surface area contributed by atoms with Crippen molar-refractivity contribution in [3.05, 3.63) is 70.8 Å². The normalized spacial score (nSPS) is 15.8. The summed E-state index contributed by atoms with van der Waals surface area (Å²) in [6.07, 6.45) is 1.90. The van der Waals surface area contributed by atoms with Crippen molar-refractivity contribution in [3.8, 4) is 0 Å². The Morgan fingerprint density at radius 2 is 1.96 bits per heavy atom. The van der Waals surface area contributed by atoms with E-state index in [1.807, 2.05) is 31.2 Å². The third-order valence-electron chi connectivity index (χ3n) is 4.16. The molecular formula is C19H20N2O2. The lowest BCUT2D eigenvalue weighted by Gasteiger charge is -2.14. The highest BCUT2D eigenvalue weighted by molar-refractivity contribution is 5.96. The Morgan fingerprint density at radius 3 is 2.78 bits per heavy atom. The second-order valence-corrected chi connectivity index (χ2v) is 5.91. The van der Waals surface area contributed by atoms with Gasteiger partial charge in [0, 0.05) is 5.56 Å². The van der Waals surface area contributed by atoms with Crippen LogP contribution in [0.1, 0.15) is 39.5 Å². The summed E-state index contributed by atoms with van der Waals surface area (Å²) in [5.74, 6) is -0.386. The Morgan fingerprint density at radius 1 is 1.13 bits per heavy atom. The van der Waals surface area contributed by atoms with Crippen molar-refractivity contribution in [1.29, 1.82) is 0 Å². The van der Waals surface area contributed by atoms with Gasteiger partial charge in [0.25, 0.3) is 5.91 Å². The summed E-state index contributed by atoms with van der Waals surface area (Å²) < 4.78 is 0. The van der Waals surface area contributed by atoms with Gasteiger partial charge < -0.3 is 10.6 Å². The van der Waals surface area contributed by atoms with Gasteiger partial charge in [-0.1, -0.05) is 42.0 Å². The van der Waals surface area contributed by atoms with Gasteiger partial charge >= 0.3 is 0 Å². The quantitative estimate of drug-likeness (QED) is 0.912. The van der Waals surface area contributed by atoms with Gasteiger partial charge in [0.15, 0.2) is 0 Å². The molecule has 0 aliphatic heterocycles. The van der Waals surface area contributed by atoms with Crippen LogP contribution in [0.4, 0.5) is 0 Å². The third-order valence-corrected chi connectivity index (χ3v) is 4.16. The van der Waals surface area contributed by atoms with Gasteiger partial charge in [-0.25, -0.2) is 0 Å². The first kappa shape index (κ1) is 15.3. The SMILES string of the molecule is Cc1cccc(C(=O)NCC(=O)NC2CCc3ccccc32)c1. The van der Waals surface area contributed by atoms with Crippen LogP contribution in [-0.4, -0.2) is 18.4 Å². The lowest BCUT2D eigenvalue weighted by molar-refractivity contribution is -0.120. The number of benzene rings is 2. The maximum absolute atomic E-state index is 12.1. The molecule has 2 aromatic rings. The summed E-state index contributed by atoms with van der Waals surface area (Å²) in [6, 6.07) is 15.5. The molecule has 0 aromatic heterocycles. The van der Waals surface area contributed by atoms with Crippen molar-refractivity contribution in [2.75, 3.05) is 6.54 Å². The number of nitrogens with one attached hydrogen (secondary N) is 2. The number of rotatable bonds is 4. The zero-order valence-corrected chi connectivity index (χ0v) is 13.1. The fraction of sp³-hybridized carbons (Fsp3) is 0.263. The number of amides is 2. The average molecular weight is 308 g/mol. The standard InChI is InChI=1S/C19H20N2O2/c1-13-5-4-7-15(11-13)19(23)20-12-18(22)21-17-10-9-14-6-2-3-8-16(14)17/h2-8,11,17H,9-10,12H2,1H3,(H,20,23)(H,21,22). The number of carbonyl (C=O) groups is 2. The van der Waals surface area contributed by atoms with E-state index in [9.17, 15) is 9.59 Å². The van der Waals surface area contributed by atoms with Gasteiger partial charge in [-0.2, -0.15) is 0 Å². The van der Waals surface area contributed by atoms with Gasteiger partial charge in [-0.3, -0.25) is 9.59 Å². The molecule has 0 fully saturated rings. The molecule has 0 saturated carbocycles.